The lowest BCUT2D eigenvalue weighted by molar-refractivity contribution is -0.143. The molecule has 1 spiro atoms. The number of hydrogen-bond donors (Lipinski definition) is 0. The summed E-state index contributed by atoms with van der Waals surface area (Å²) < 4.78 is 6.40. The fourth-order valence-corrected chi connectivity index (χ4v) is 6.53. The van der Waals surface area contributed by atoms with Gasteiger partial charge in [0, 0.05) is 25.7 Å². The van der Waals surface area contributed by atoms with Crippen molar-refractivity contribution in [1.82, 2.24) is 4.90 Å². The van der Waals surface area contributed by atoms with Gasteiger partial charge in [-0.2, -0.15) is 0 Å². The summed E-state index contributed by atoms with van der Waals surface area (Å²) in [5.74, 6) is 0.351. The van der Waals surface area contributed by atoms with Crippen molar-refractivity contribution >= 4 is 17.5 Å². The molecule has 0 unspecified atom stereocenters. The monoisotopic (exact) mass is 460 g/mol. The molecule has 2 aliphatic heterocycles. The number of nitrogens with zero attached hydrogens (tertiary/aromatic N) is 2. The zero-order chi connectivity index (χ0) is 23.6. The smallest absolute Gasteiger partial charge is 0.233 e. The molecule has 5 rings (SSSR count). The number of rotatable bonds is 4. The van der Waals surface area contributed by atoms with Gasteiger partial charge in [-0.05, 0) is 49.8 Å². The Bertz CT molecular complexity index is 993. The number of benzene rings is 2. The van der Waals surface area contributed by atoms with Gasteiger partial charge in [0.25, 0.3) is 0 Å². The van der Waals surface area contributed by atoms with Crippen LogP contribution in [0.15, 0.2) is 60.7 Å². The summed E-state index contributed by atoms with van der Waals surface area (Å²) in [7, 11) is 0. The average molecular weight is 461 g/mol. The molecule has 2 amide bonds. The minimum atomic E-state index is -0.373. The van der Waals surface area contributed by atoms with Crippen LogP contribution in [-0.4, -0.2) is 48.1 Å². The molecule has 1 aliphatic carbocycles. The Kier molecular flexibility index (Phi) is 6.48. The Morgan fingerprint density at radius 1 is 0.882 bits per heavy atom. The first-order valence-corrected chi connectivity index (χ1v) is 12.9. The molecular formula is C29H36N2O3. The van der Waals surface area contributed by atoms with E-state index in [1.807, 2.05) is 41.3 Å². The second-order valence-corrected chi connectivity index (χ2v) is 10.4. The van der Waals surface area contributed by atoms with Gasteiger partial charge >= 0.3 is 0 Å². The molecule has 2 heterocycles. The van der Waals surface area contributed by atoms with E-state index < -0.39 is 0 Å². The number of anilines is 1. The van der Waals surface area contributed by atoms with Crippen molar-refractivity contribution < 1.29 is 14.3 Å². The van der Waals surface area contributed by atoms with E-state index in [0.717, 1.165) is 63.7 Å². The number of ether oxygens (including phenoxy) is 1. The maximum atomic E-state index is 14.0. The van der Waals surface area contributed by atoms with E-state index in [1.54, 1.807) is 6.92 Å². The molecule has 3 aliphatic rings. The summed E-state index contributed by atoms with van der Waals surface area (Å²) in [6, 6.07) is 20.3. The third-order valence-corrected chi connectivity index (χ3v) is 8.33. The van der Waals surface area contributed by atoms with Gasteiger partial charge in [0.15, 0.2) is 0 Å². The first kappa shape index (κ1) is 23.1. The fourth-order valence-electron chi connectivity index (χ4n) is 6.53. The Hall–Kier alpha value is -2.66. The highest BCUT2D eigenvalue weighted by atomic mass is 16.5. The van der Waals surface area contributed by atoms with Crippen molar-refractivity contribution in [2.75, 3.05) is 24.6 Å². The summed E-state index contributed by atoms with van der Waals surface area (Å²) in [4.78, 5) is 30.4. The Morgan fingerprint density at radius 2 is 1.50 bits per heavy atom. The zero-order valence-electron chi connectivity index (χ0n) is 20.2. The van der Waals surface area contributed by atoms with Crippen LogP contribution in [0.3, 0.4) is 0 Å². The summed E-state index contributed by atoms with van der Waals surface area (Å²) in [5.41, 5.74) is 1.49. The van der Waals surface area contributed by atoms with Gasteiger partial charge < -0.3 is 14.5 Å². The summed E-state index contributed by atoms with van der Waals surface area (Å²) in [6.07, 6.45) is 7.83. The molecular weight excluding hydrogens is 424 g/mol. The first-order chi connectivity index (χ1) is 16.5. The second kappa shape index (κ2) is 9.53. The molecule has 5 heteroatoms. The molecule has 34 heavy (non-hydrogen) atoms. The lowest BCUT2D eigenvalue weighted by Crippen LogP contribution is -2.53. The van der Waals surface area contributed by atoms with Crippen molar-refractivity contribution in [2.45, 2.75) is 75.3 Å². The second-order valence-electron chi connectivity index (χ2n) is 10.4. The topological polar surface area (TPSA) is 49.9 Å². The van der Waals surface area contributed by atoms with E-state index in [-0.39, 0.29) is 23.0 Å². The Labute approximate surface area is 203 Å². The van der Waals surface area contributed by atoms with Crippen molar-refractivity contribution in [3.8, 4) is 0 Å². The quantitative estimate of drug-likeness (QED) is 0.638. The molecule has 2 aromatic carbocycles. The van der Waals surface area contributed by atoms with Crippen LogP contribution >= 0.6 is 0 Å². The molecule has 0 N–H and O–H groups in total. The summed E-state index contributed by atoms with van der Waals surface area (Å²) in [6.45, 7) is 3.64. The SMILES string of the molecule is CC(=O)N(c1ccccc1)[C@@H]1COC2(CCN(C(=O)C3(c4ccccc4)CCCCC3)CC2)C1. The maximum absolute atomic E-state index is 14.0. The predicted molar refractivity (Wildman–Crippen MR) is 134 cm³/mol. The number of carbonyl (C=O) groups excluding carboxylic acids is 2. The van der Waals surface area contributed by atoms with Gasteiger partial charge in [-0.25, -0.2) is 0 Å². The van der Waals surface area contributed by atoms with Gasteiger partial charge in [0.1, 0.15) is 0 Å². The number of hydrogen-bond acceptors (Lipinski definition) is 3. The number of piperidine rings is 1. The number of likely N-dealkylation sites (tertiary alicyclic amines) is 1. The minimum absolute atomic E-state index is 0.0381. The number of para-hydroxylation sites is 1. The van der Waals surface area contributed by atoms with Crippen molar-refractivity contribution in [2.24, 2.45) is 0 Å². The fraction of sp³-hybridized carbons (Fsp3) is 0.517. The number of amides is 2. The van der Waals surface area contributed by atoms with E-state index in [0.29, 0.717) is 12.5 Å². The summed E-state index contributed by atoms with van der Waals surface area (Å²) >= 11 is 0. The molecule has 3 fully saturated rings. The first-order valence-electron chi connectivity index (χ1n) is 12.9. The average Bonchev–Trinajstić information content (AvgIpc) is 3.28. The van der Waals surface area contributed by atoms with Crippen LogP contribution in [0, 0.1) is 0 Å². The highest BCUT2D eigenvalue weighted by Gasteiger charge is 2.49. The lowest BCUT2D eigenvalue weighted by Gasteiger charge is -2.45. The molecule has 0 bridgehead atoms. The van der Waals surface area contributed by atoms with Gasteiger partial charge in [0.2, 0.25) is 11.8 Å². The molecule has 1 atom stereocenters. The van der Waals surface area contributed by atoms with Crippen LogP contribution in [0.1, 0.15) is 63.9 Å². The molecule has 2 aromatic rings. The standard InChI is InChI=1S/C29H36N2O3/c1-23(32)31(25-13-7-3-8-14-25)26-21-28(34-22-26)17-19-30(20-18-28)27(33)29(15-9-4-10-16-29)24-11-5-2-6-12-24/h2-3,5-8,11-14,26H,4,9-10,15-22H2,1H3/t26-/m0/s1. The summed E-state index contributed by atoms with van der Waals surface area (Å²) in [5, 5.41) is 0. The van der Waals surface area contributed by atoms with Crippen LogP contribution in [0.5, 0.6) is 0 Å². The van der Waals surface area contributed by atoms with Gasteiger partial charge in [-0.3, -0.25) is 9.59 Å². The third kappa shape index (κ3) is 4.26. The zero-order valence-corrected chi connectivity index (χ0v) is 20.2. The van der Waals surface area contributed by atoms with Crippen molar-refractivity contribution in [3.05, 3.63) is 66.2 Å². The van der Waals surface area contributed by atoms with Gasteiger partial charge in [0.05, 0.1) is 23.7 Å². The van der Waals surface area contributed by atoms with E-state index in [2.05, 4.69) is 29.2 Å². The van der Waals surface area contributed by atoms with E-state index in [1.165, 1.54) is 12.0 Å². The van der Waals surface area contributed by atoms with Crippen LogP contribution in [0.4, 0.5) is 5.69 Å². The normalized spacial score (nSPS) is 23.6. The highest BCUT2D eigenvalue weighted by molar-refractivity contribution is 5.92. The maximum Gasteiger partial charge on any atom is 0.233 e. The van der Waals surface area contributed by atoms with Crippen molar-refractivity contribution in [3.63, 3.8) is 0 Å². The Morgan fingerprint density at radius 3 is 2.12 bits per heavy atom. The van der Waals surface area contributed by atoms with E-state index in [9.17, 15) is 9.59 Å². The van der Waals surface area contributed by atoms with Crippen LogP contribution in [0.2, 0.25) is 0 Å². The molecule has 0 radical (unpaired) electrons. The van der Waals surface area contributed by atoms with E-state index >= 15 is 0 Å². The molecule has 5 nitrogen and oxygen atoms in total. The highest BCUT2D eigenvalue weighted by Crippen LogP contribution is 2.44. The molecule has 2 saturated heterocycles. The van der Waals surface area contributed by atoms with E-state index in [4.69, 9.17) is 4.74 Å². The van der Waals surface area contributed by atoms with Crippen LogP contribution in [0.25, 0.3) is 0 Å². The Balaban J connectivity index is 1.28. The predicted octanol–water partition coefficient (Wildman–Crippen LogP) is 5.09. The van der Waals surface area contributed by atoms with Crippen molar-refractivity contribution in [1.29, 1.82) is 0 Å². The molecule has 180 valence electrons. The third-order valence-electron chi connectivity index (χ3n) is 8.33. The van der Waals surface area contributed by atoms with Gasteiger partial charge in [-0.15, -0.1) is 0 Å². The largest absolute Gasteiger partial charge is 0.373 e. The molecule has 0 aromatic heterocycles. The molecule has 1 saturated carbocycles. The minimum Gasteiger partial charge on any atom is -0.373 e. The van der Waals surface area contributed by atoms with Crippen LogP contribution < -0.4 is 4.90 Å². The van der Waals surface area contributed by atoms with Gasteiger partial charge in [-0.1, -0.05) is 67.8 Å². The number of carbonyl (C=O) groups is 2. The lowest BCUT2D eigenvalue weighted by atomic mass is 9.68. The van der Waals surface area contributed by atoms with Crippen LogP contribution in [-0.2, 0) is 19.7 Å².